The number of benzene rings is 2. The number of rotatable bonds is 7. The molecule has 9 nitrogen and oxygen atoms in total. The van der Waals surface area contributed by atoms with Crippen molar-refractivity contribution >= 4 is 18.0 Å². The van der Waals surface area contributed by atoms with Crippen molar-refractivity contribution in [1.29, 1.82) is 0 Å². The summed E-state index contributed by atoms with van der Waals surface area (Å²) in [6, 6.07) is 16.0. The molecule has 1 unspecified atom stereocenters. The Morgan fingerprint density at radius 3 is 2.21 bits per heavy atom. The average Bonchev–Trinajstić information content (AvgIpc) is 3.15. The van der Waals surface area contributed by atoms with Gasteiger partial charge in [-0.1, -0.05) is 48.5 Å². The van der Waals surface area contributed by atoms with E-state index >= 15 is 0 Å². The van der Waals surface area contributed by atoms with Gasteiger partial charge < -0.3 is 19.9 Å². The normalized spacial score (nSPS) is 17.4. The van der Waals surface area contributed by atoms with Crippen molar-refractivity contribution < 1.29 is 33.8 Å². The molecular weight excluding hydrogens is 428 g/mol. The molecule has 2 aliphatic rings. The van der Waals surface area contributed by atoms with E-state index in [9.17, 15) is 14.4 Å². The van der Waals surface area contributed by atoms with Crippen LogP contribution < -0.4 is 10.8 Å². The van der Waals surface area contributed by atoms with Crippen LogP contribution in [0.5, 0.6) is 0 Å². The second kappa shape index (κ2) is 9.60. The molecule has 4 rings (SSSR count). The van der Waals surface area contributed by atoms with Gasteiger partial charge in [0.2, 0.25) is 0 Å². The van der Waals surface area contributed by atoms with Crippen molar-refractivity contribution in [2.75, 3.05) is 19.8 Å². The van der Waals surface area contributed by atoms with Crippen LogP contribution in [0.2, 0.25) is 0 Å². The van der Waals surface area contributed by atoms with E-state index < -0.39 is 29.6 Å². The number of carboxylic acids is 1. The van der Waals surface area contributed by atoms with Crippen molar-refractivity contribution in [2.24, 2.45) is 0 Å². The molecule has 1 fully saturated rings. The topological polar surface area (TPSA) is 123 Å². The Morgan fingerprint density at radius 2 is 1.64 bits per heavy atom. The standard InChI is InChI=1S/C24H26N2O7/c1-15(21(27)28)33-26-22(29)24(10-12-31-13-11-24)25-23(30)32-14-20-18-8-4-2-6-16(18)17-7-3-5-9-19(17)20/h2-9,15,20H,10-14H2,1H3,(H,25,30)(H,26,29)(H,27,28). The van der Waals surface area contributed by atoms with Crippen LogP contribution in [0.15, 0.2) is 48.5 Å². The summed E-state index contributed by atoms with van der Waals surface area (Å²) in [6.45, 7) is 1.91. The number of alkyl carbamates (subject to hydrolysis) is 1. The maximum atomic E-state index is 12.8. The van der Waals surface area contributed by atoms with Crippen molar-refractivity contribution in [2.45, 2.75) is 37.3 Å². The highest BCUT2D eigenvalue weighted by Crippen LogP contribution is 2.44. The Kier molecular flexibility index (Phi) is 6.62. The summed E-state index contributed by atoms with van der Waals surface area (Å²) in [7, 11) is 0. The van der Waals surface area contributed by atoms with E-state index in [-0.39, 0.29) is 38.6 Å². The Bertz CT molecular complexity index is 1000. The van der Waals surface area contributed by atoms with E-state index in [1.165, 1.54) is 6.92 Å². The number of hydrogen-bond donors (Lipinski definition) is 3. The first kappa shape index (κ1) is 22.8. The number of hydrogen-bond acceptors (Lipinski definition) is 6. The fraction of sp³-hybridized carbons (Fsp3) is 0.375. The minimum atomic E-state index is -1.32. The van der Waals surface area contributed by atoms with Crippen molar-refractivity contribution in [3.05, 3.63) is 59.7 Å². The highest BCUT2D eigenvalue weighted by atomic mass is 16.7. The third kappa shape index (κ3) is 4.69. The number of amides is 2. The molecular formula is C24H26N2O7. The van der Waals surface area contributed by atoms with Gasteiger partial charge in [0.05, 0.1) is 0 Å². The van der Waals surface area contributed by atoms with Gasteiger partial charge >= 0.3 is 12.1 Å². The van der Waals surface area contributed by atoms with Crippen LogP contribution in [0.4, 0.5) is 4.79 Å². The Morgan fingerprint density at radius 1 is 1.06 bits per heavy atom. The molecule has 33 heavy (non-hydrogen) atoms. The molecule has 174 valence electrons. The molecule has 0 bridgehead atoms. The van der Waals surface area contributed by atoms with E-state index in [1.54, 1.807) is 0 Å². The molecule has 1 atom stereocenters. The van der Waals surface area contributed by atoms with Gasteiger partial charge in [0.15, 0.2) is 6.10 Å². The van der Waals surface area contributed by atoms with E-state index in [4.69, 9.17) is 19.4 Å². The second-order valence-corrected chi connectivity index (χ2v) is 8.17. The molecule has 1 aliphatic heterocycles. The first-order valence-corrected chi connectivity index (χ1v) is 10.8. The Balaban J connectivity index is 1.43. The van der Waals surface area contributed by atoms with Crippen LogP contribution in [0, 0.1) is 0 Å². The SMILES string of the molecule is CC(ONC(=O)C1(NC(=O)OCC2c3ccccc3-c3ccccc32)CCOCC1)C(=O)O. The van der Waals surface area contributed by atoms with Gasteiger partial charge in [-0.05, 0) is 29.2 Å². The lowest BCUT2D eigenvalue weighted by Gasteiger charge is -2.35. The number of hydroxylamine groups is 1. The van der Waals surface area contributed by atoms with Gasteiger partial charge in [0, 0.05) is 32.0 Å². The second-order valence-electron chi connectivity index (χ2n) is 8.17. The van der Waals surface area contributed by atoms with E-state index in [0.29, 0.717) is 0 Å². The monoisotopic (exact) mass is 454 g/mol. The number of aliphatic carboxylic acids is 1. The van der Waals surface area contributed by atoms with Gasteiger partial charge in [-0.25, -0.2) is 15.1 Å². The van der Waals surface area contributed by atoms with Gasteiger partial charge in [-0.15, -0.1) is 0 Å². The van der Waals surface area contributed by atoms with Crippen molar-refractivity contribution in [3.63, 3.8) is 0 Å². The largest absolute Gasteiger partial charge is 0.479 e. The zero-order valence-corrected chi connectivity index (χ0v) is 18.2. The summed E-state index contributed by atoms with van der Waals surface area (Å²) in [5.74, 6) is -1.98. The van der Waals surface area contributed by atoms with Gasteiger partial charge in [-0.3, -0.25) is 9.63 Å². The number of carboxylic acid groups (broad SMARTS) is 1. The zero-order chi connectivity index (χ0) is 23.4. The molecule has 1 aliphatic carbocycles. The first-order chi connectivity index (χ1) is 15.9. The first-order valence-electron chi connectivity index (χ1n) is 10.8. The number of fused-ring (bicyclic) bond motifs is 3. The Labute approximate surface area is 191 Å². The van der Waals surface area contributed by atoms with Crippen LogP contribution >= 0.6 is 0 Å². The van der Waals surface area contributed by atoms with Gasteiger partial charge in [0.25, 0.3) is 5.91 Å². The summed E-state index contributed by atoms with van der Waals surface area (Å²) in [4.78, 5) is 41.4. The van der Waals surface area contributed by atoms with Crippen LogP contribution in [-0.2, 0) is 23.9 Å². The third-order valence-corrected chi connectivity index (χ3v) is 6.14. The summed E-state index contributed by atoms with van der Waals surface area (Å²) in [5, 5.41) is 11.6. The van der Waals surface area contributed by atoms with Crippen molar-refractivity contribution in [3.8, 4) is 11.1 Å². The molecule has 0 spiro atoms. The maximum Gasteiger partial charge on any atom is 0.408 e. The lowest BCUT2D eigenvalue weighted by molar-refractivity contribution is -0.162. The van der Waals surface area contributed by atoms with Crippen LogP contribution in [0.25, 0.3) is 11.1 Å². The lowest BCUT2D eigenvalue weighted by Crippen LogP contribution is -2.61. The number of carbonyl (C=O) groups excluding carboxylic acids is 2. The highest BCUT2D eigenvalue weighted by molar-refractivity contribution is 5.89. The molecule has 2 amide bonds. The molecule has 9 heteroatoms. The molecule has 2 aromatic carbocycles. The van der Waals surface area contributed by atoms with Crippen LogP contribution in [-0.4, -0.2) is 54.5 Å². The number of carbonyl (C=O) groups is 3. The predicted octanol–water partition coefficient (Wildman–Crippen LogP) is 2.60. The average molecular weight is 454 g/mol. The van der Waals surface area contributed by atoms with Crippen LogP contribution in [0.3, 0.4) is 0 Å². The van der Waals surface area contributed by atoms with Gasteiger partial charge in [0.1, 0.15) is 12.1 Å². The minimum absolute atomic E-state index is 0.109. The molecule has 1 saturated heterocycles. The number of nitrogens with one attached hydrogen (secondary N) is 2. The van der Waals surface area contributed by atoms with E-state index in [1.807, 2.05) is 48.5 Å². The molecule has 0 saturated carbocycles. The fourth-order valence-electron chi connectivity index (χ4n) is 4.25. The molecule has 1 heterocycles. The molecule has 0 aromatic heterocycles. The maximum absolute atomic E-state index is 12.8. The van der Waals surface area contributed by atoms with E-state index in [2.05, 4.69) is 10.8 Å². The van der Waals surface area contributed by atoms with Crippen molar-refractivity contribution in [1.82, 2.24) is 10.8 Å². The fourth-order valence-corrected chi connectivity index (χ4v) is 4.25. The van der Waals surface area contributed by atoms with Crippen LogP contribution in [0.1, 0.15) is 36.8 Å². The summed E-state index contributed by atoms with van der Waals surface area (Å²) < 4.78 is 10.9. The quantitative estimate of drug-likeness (QED) is 0.550. The minimum Gasteiger partial charge on any atom is -0.479 e. The molecule has 2 aromatic rings. The summed E-state index contributed by atoms with van der Waals surface area (Å²) in [5.41, 5.74) is 5.24. The van der Waals surface area contributed by atoms with E-state index in [0.717, 1.165) is 22.3 Å². The third-order valence-electron chi connectivity index (χ3n) is 6.14. The summed E-state index contributed by atoms with van der Waals surface area (Å²) in [6.07, 6.45) is -1.57. The molecule has 3 N–H and O–H groups in total. The predicted molar refractivity (Wildman–Crippen MR) is 117 cm³/mol. The summed E-state index contributed by atoms with van der Waals surface area (Å²) >= 11 is 0. The lowest BCUT2D eigenvalue weighted by atomic mass is 9.89. The number of ether oxygens (including phenoxy) is 2. The zero-order valence-electron chi connectivity index (χ0n) is 18.2. The molecule has 0 radical (unpaired) electrons. The van der Waals surface area contributed by atoms with Gasteiger partial charge in [-0.2, -0.15) is 0 Å². The smallest absolute Gasteiger partial charge is 0.408 e. The Hall–Kier alpha value is -3.43. The highest BCUT2D eigenvalue weighted by Gasteiger charge is 2.43.